The number of rotatable bonds is 1. The lowest BCUT2D eigenvalue weighted by Crippen LogP contribution is -2.41. The molecule has 0 spiro atoms. The van der Waals surface area contributed by atoms with Crippen LogP contribution in [-0.2, 0) is 9.59 Å². The highest BCUT2D eigenvalue weighted by Gasteiger charge is 2.61. The van der Waals surface area contributed by atoms with Crippen LogP contribution in [-0.4, -0.2) is 16.8 Å². The van der Waals surface area contributed by atoms with Crippen LogP contribution in [0.5, 0.6) is 0 Å². The Bertz CT molecular complexity index is 1050. The summed E-state index contributed by atoms with van der Waals surface area (Å²) in [4.78, 5) is 32.7. The largest absolute Gasteiger partial charge is 0.274 e. The number of amides is 2. The normalized spacial score (nSPS) is 26.8. The average molecular weight is 366 g/mol. The summed E-state index contributed by atoms with van der Waals surface area (Å²) in [6.45, 7) is 1.94. The van der Waals surface area contributed by atoms with Crippen molar-refractivity contribution in [3.05, 3.63) is 94.7 Å². The number of aromatic nitrogens is 1. The lowest BCUT2D eigenvalue weighted by molar-refractivity contribution is -0.122. The molecule has 136 valence electrons. The number of anilines is 1. The van der Waals surface area contributed by atoms with Gasteiger partial charge in [0.2, 0.25) is 11.8 Å². The number of carbonyl (C=O) groups excluding carboxylic acids is 2. The van der Waals surface area contributed by atoms with Gasteiger partial charge in [-0.05, 0) is 46.9 Å². The van der Waals surface area contributed by atoms with Gasteiger partial charge in [-0.2, -0.15) is 0 Å². The van der Waals surface area contributed by atoms with E-state index in [-0.39, 0.29) is 35.5 Å². The zero-order valence-electron chi connectivity index (χ0n) is 15.4. The van der Waals surface area contributed by atoms with Crippen LogP contribution in [0.1, 0.15) is 39.7 Å². The monoisotopic (exact) mass is 366 g/mol. The van der Waals surface area contributed by atoms with Gasteiger partial charge in [0.15, 0.2) is 0 Å². The smallest absolute Gasteiger partial charge is 0.239 e. The molecule has 2 bridgehead atoms. The van der Waals surface area contributed by atoms with E-state index in [0.717, 1.165) is 5.56 Å². The van der Waals surface area contributed by atoms with Crippen LogP contribution in [0.25, 0.3) is 0 Å². The first kappa shape index (κ1) is 15.8. The van der Waals surface area contributed by atoms with Crippen molar-refractivity contribution < 1.29 is 9.59 Å². The number of nitrogens with zero attached hydrogens (tertiary/aromatic N) is 2. The van der Waals surface area contributed by atoms with Gasteiger partial charge in [-0.3, -0.25) is 9.59 Å². The Morgan fingerprint density at radius 3 is 1.64 bits per heavy atom. The summed E-state index contributed by atoms with van der Waals surface area (Å²) in [7, 11) is 0. The lowest BCUT2D eigenvalue weighted by Gasteiger charge is -2.45. The predicted octanol–water partition coefficient (Wildman–Crippen LogP) is 3.79. The Balaban J connectivity index is 1.58. The van der Waals surface area contributed by atoms with Gasteiger partial charge >= 0.3 is 0 Å². The Morgan fingerprint density at radius 2 is 1.21 bits per heavy atom. The molecule has 0 radical (unpaired) electrons. The SMILES string of the molecule is Cc1ccnc(N2C(=O)C3C4c5ccccc5C(c5ccccc54)C3C2=O)c1. The fourth-order valence-corrected chi connectivity index (χ4v) is 5.55. The molecule has 2 heterocycles. The van der Waals surface area contributed by atoms with Gasteiger partial charge in [0.25, 0.3) is 0 Å². The molecule has 0 saturated carbocycles. The maximum absolute atomic E-state index is 13.5. The number of imide groups is 1. The van der Waals surface area contributed by atoms with Crippen molar-refractivity contribution in [1.29, 1.82) is 0 Å². The molecule has 3 aliphatic carbocycles. The van der Waals surface area contributed by atoms with Crippen molar-refractivity contribution >= 4 is 17.6 Å². The van der Waals surface area contributed by atoms with Gasteiger partial charge in [-0.25, -0.2) is 9.88 Å². The van der Waals surface area contributed by atoms with Gasteiger partial charge in [-0.15, -0.1) is 0 Å². The summed E-state index contributed by atoms with van der Waals surface area (Å²) in [5, 5.41) is 0. The summed E-state index contributed by atoms with van der Waals surface area (Å²) in [5.41, 5.74) is 5.73. The molecule has 2 atom stereocenters. The molecule has 1 saturated heterocycles. The highest BCUT2D eigenvalue weighted by molar-refractivity contribution is 6.23. The van der Waals surface area contributed by atoms with E-state index in [1.54, 1.807) is 6.20 Å². The maximum atomic E-state index is 13.5. The second-order valence-corrected chi connectivity index (χ2v) is 7.97. The van der Waals surface area contributed by atoms with Crippen molar-refractivity contribution in [2.24, 2.45) is 11.8 Å². The van der Waals surface area contributed by atoms with Gasteiger partial charge in [-0.1, -0.05) is 48.5 Å². The summed E-state index contributed by atoms with van der Waals surface area (Å²) in [6, 6.07) is 20.3. The summed E-state index contributed by atoms with van der Waals surface area (Å²) in [6.07, 6.45) is 1.66. The molecule has 1 aromatic heterocycles. The standard InChI is InChI=1S/C24H18N2O2/c1-13-10-11-25-18(12-13)26-23(27)21-19-14-6-2-3-7-15(14)20(22(21)24(26)28)17-9-5-4-8-16(17)19/h2-12,19-22H,1H3. The van der Waals surface area contributed by atoms with E-state index in [2.05, 4.69) is 29.2 Å². The highest BCUT2D eigenvalue weighted by atomic mass is 16.2. The third kappa shape index (κ3) is 1.82. The van der Waals surface area contributed by atoms with E-state index < -0.39 is 0 Å². The Labute approximate surface area is 162 Å². The van der Waals surface area contributed by atoms with Crippen LogP contribution in [0.4, 0.5) is 5.82 Å². The van der Waals surface area contributed by atoms with Gasteiger partial charge in [0.1, 0.15) is 5.82 Å². The molecule has 2 unspecified atom stereocenters. The highest BCUT2D eigenvalue weighted by Crippen LogP contribution is 2.61. The van der Waals surface area contributed by atoms with Crippen molar-refractivity contribution in [3.63, 3.8) is 0 Å². The molecule has 1 aliphatic heterocycles. The first-order valence-corrected chi connectivity index (χ1v) is 9.65. The van der Waals surface area contributed by atoms with Crippen LogP contribution < -0.4 is 4.90 Å². The van der Waals surface area contributed by atoms with Gasteiger partial charge in [0.05, 0.1) is 11.8 Å². The van der Waals surface area contributed by atoms with Crippen LogP contribution in [0.2, 0.25) is 0 Å². The fourth-order valence-electron chi connectivity index (χ4n) is 5.55. The quantitative estimate of drug-likeness (QED) is 0.616. The average Bonchev–Trinajstić information content (AvgIpc) is 2.99. The summed E-state index contributed by atoms with van der Waals surface area (Å²) >= 11 is 0. The number of aryl methyl sites for hydroxylation is 1. The molecular weight excluding hydrogens is 348 g/mol. The summed E-state index contributed by atoms with van der Waals surface area (Å²) in [5.74, 6) is -0.660. The van der Waals surface area contributed by atoms with Crippen molar-refractivity contribution in [2.45, 2.75) is 18.8 Å². The number of hydrogen-bond acceptors (Lipinski definition) is 3. The minimum absolute atomic E-state index is 0.0753. The Hall–Kier alpha value is -3.27. The minimum atomic E-state index is -0.357. The molecule has 4 nitrogen and oxygen atoms in total. The predicted molar refractivity (Wildman–Crippen MR) is 105 cm³/mol. The maximum Gasteiger partial charge on any atom is 0.239 e. The molecule has 28 heavy (non-hydrogen) atoms. The zero-order valence-corrected chi connectivity index (χ0v) is 15.4. The van der Waals surface area contributed by atoms with Crippen molar-refractivity contribution in [2.75, 3.05) is 4.90 Å². The summed E-state index contributed by atoms with van der Waals surface area (Å²) < 4.78 is 0. The molecule has 7 rings (SSSR count). The fraction of sp³-hybridized carbons (Fsp3) is 0.208. The zero-order chi connectivity index (χ0) is 19.0. The van der Waals surface area contributed by atoms with E-state index in [0.29, 0.717) is 5.82 Å². The Kier molecular flexibility index (Phi) is 3.03. The Morgan fingerprint density at radius 1 is 0.750 bits per heavy atom. The second kappa shape index (κ2) is 5.38. The third-order valence-electron chi connectivity index (χ3n) is 6.58. The molecule has 3 aromatic rings. The van der Waals surface area contributed by atoms with E-state index in [1.165, 1.54) is 27.2 Å². The third-order valence-corrected chi connectivity index (χ3v) is 6.58. The number of benzene rings is 2. The van der Waals surface area contributed by atoms with Crippen LogP contribution in [0.15, 0.2) is 66.9 Å². The molecule has 1 fully saturated rings. The lowest BCUT2D eigenvalue weighted by atomic mass is 9.55. The molecule has 0 N–H and O–H groups in total. The first-order chi connectivity index (χ1) is 13.7. The van der Waals surface area contributed by atoms with E-state index >= 15 is 0 Å². The van der Waals surface area contributed by atoms with Crippen molar-refractivity contribution in [3.8, 4) is 0 Å². The molecule has 2 amide bonds. The molecular formula is C24H18N2O2. The topological polar surface area (TPSA) is 50.3 Å². The molecule has 4 aliphatic rings. The molecule has 2 aromatic carbocycles. The minimum Gasteiger partial charge on any atom is -0.274 e. The van der Waals surface area contributed by atoms with Gasteiger partial charge < -0.3 is 0 Å². The van der Waals surface area contributed by atoms with Crippen LogP contribution in [0, 0.1) is 18.8 Å². The van der Waals surface area contributed by atoms with Crippen LogP contribution in [0.3, 0.4) is 0 Å². The van der Waals surface area contributed by atoms with Gasteiger partial charge in [0, 0.05) is 18.0 Å². The van der Waals surface area contributed by atoms with Crippen LogP contribution >= 0.6 is 0 Å². The molecule has 4 heteroatoms. The van der Waals surface area contributed by atoms with E-state index in [4.69, 9.17) is 0 Å². The first-order valence-electron chi connectivity index (χ1n) is 9.65. The number of hydrogen-bond donors (Lipinski definition) is 0. The number of pyridine rings is 1. The second-order valence-electron chi connectivity index (χ2n) is 7.97. The van der Waals surface area contributed by atoms with Crippen molar-refractivity contribution in [1.82, 2.24) is 4.98 Å². The van der Waals surface area contributed by atoms with E-state index in [9.17, 15) is 9.59 Å². The van der Waals surface area contributed by atoms with E-state index in [1.807, 2.05) is 43.3 Å². The number of carbonyl (C=O) groups is 2.